The third-order valence-electron chi connectivity index (χ3n) is 8.29. The Morgan fingerprint density at radius 3 is 1.57 bits per heavy atom. The summed E-state index contributed by atoms with van der Waals surface area (Å²) in [5, 5.41) is 0. The predicted octanol–water partition coefficient (Wildman–Crippen LogP) is 8.68. The Balaban J connectivity index is 1.83. The molecule has 0 spiro atoms. The van der Waals surface area contributed by atoms with Gasteiger partial charge < -0.3 is 4.74 Å². The lowest BCUT2D eigenvalue weighted by atomic mass is 9.53. The molecular formula is C38H32O2. The molecule has 0 amide bonds. The smallest absolute Gasteiger partial charge is 0.321 e. The van der Waals surface area contributed by atoms with E-state index < -0.39 is 5.41 Å². The normalized spacial score (nSPS) is 20.6. The standard InChI is InChI=1S/C38H32O2/c1-40-37(39)38(32-25-15-6-16-26-32)34(29-19-9-3-10-20-29)27-33(28-17-7-2-8-18-28)35(30-21-11-4-12-22-30)36(38)31-23-13-5-14-24-31/h2-26,33-34H,27H2,1H3/t33-,34+,38+/m1/s1. The van der Waals surface area contributed by atoms with Crippen LogP contribution in [0.3, 0.4) is 0 Å². The lowest BCUT2D eigenvalue weighted by Crippen LogP contribution is -2.47. The number of hydrogen-bond acceptors (Lipinski definition) is 2. The summed E-state index contributed by atoms with van der Waals surface area (Å²) in [5.41, 5.74) is 6.54. The van der Waals surface area contributed by atoms with Crippen LogP contribution in [-0.4, -0.2) is 13.1 Å². The second-order valence-corrected chi connectivity index (χ2v) is 10.3. The fourth-order valence-corrected chi connectivity index (χ4v) is 6.67. The van der Waals surface area contributed by atoms with Gasteiger partial charge in [-0.1, -0.05) is 152 Å². The van der Waals surface area contributed by atoms with Gasteiger partial charge >= 0.3 is 5.97 Å². The summed E-state index contributed by atoms with van der Waals surface area (Å²) < 4.78 is 5.80. The van der Waals surface area contributed by atoms with Crippen molar-refractivity contribution in [2.45, 2.75) is 23.7 Å². The molecule has 3 atom stereocenters. The Labute approximate surface area is 236 Å². The summed E-state index contributed by atoms with van der Waals surface area (Å²) in [6.07, 6.45) is 0.749. The second kappa shape index (κ2) is 11.2. The SMILES string of the molecule is COC(=O)[C@]1(c2ccccc2)C(c2ccccc2)=C(c2ccccc2)[C@@H](c2ccccc2)C[C@H]1c1ccccc1. The first-order chi connectivity index (χ1) is 19.7. The van der Waals surface area contributed by atoms with Gasteiger partial charge in [-0.05, 0) is 45.4 Å². The van der Waals surface area contributed by atoms with Gasteiger partial charge in [0.1, 0.15) is 5.41 Å². The maximum Gasteiger partial charge on any atom is 0.321 e. The van der Waals surface area contributed by atoms with E-state index in [0.29, 0.717) is 0 Å². The van der Waals surface area contributed by atoms with Gasteiger partial charge in [0.25, 0.3) is 0 Å². The van der Waals surface area contributed by atoms with Gasteiger partial charge in [0.15, 0.2) is 0 Å². The molecule has 5 aromatic rings. The van der Waals surface area contributed by atoms with Crippen LogP contribution in [0.2, 0.25) is 0 Å². The lowest BCUT2D eigenvalue weighted by molar-refractivity contribution is -0.146. The third-order valence-corrected chi connectivity index (χ3v) is 8.29. The Hall–Kier alpha value is -4.69. The minimum absolute atomic E-state index is 0.0607. The van der Waals surface area contributed by atoms with E-state index in [1.54, 1.807) is 0 Å². The summed E-state index contributed by atoms with van der Waals surface area (Å²) >= 11 is 0. The summed E-state index contributed by atoms with van der Waals surface area (Å²) in [4.78, 5) is 14.6. The van der Waals surface area contributed by atoms with Crippen LogP contribution in [0.4, 0.5) is 0 Å². The maximum atomic E-state index is 14.6. The van der Waals surface area contributed by atoms with Gasteiger partial charge in [-0.25, -0.2) is 0 Å². The van der Waals surface area contributed by atoms with Crippen molar-refractivity contribution in [2.24, 2.45) is 0 Å². The Morgan fingerprint density at radius 2 is 1.05 bits per heavy atom. The molecule has 196 valence electrons. The summed E-state index contributed by atoms with van der Waals surface area (Å²) in [6, 6.07) is 52.4. The largest absolute Gasteiger partial charge is 0.468 e. The highest BCUT2D eigenvalue weighted by atomic mass is 16.5. The number of methoxy groups -OCH3 is 1. The average molecular weight is 521 g/mol. The van der Waals surface area contributed by atoms with Crippen LogP contribution in [0, 0.1) is 0 Å². The zero-order valence-corrected chi connectivity index (χ0v) is 22.6. The number of rotatable bonds is 6. The number of hydrogen-bond donors (Lipinski definition) is 0. The van der Waals surface area contributed by atoms with Crippen LogP contribution in [0.5, 0.6) is 0 Å². The van der Waals surface area contributed by atoms with Crippen molar-refractivity contribution in [3.63, 3.8) is 0 Å². The molecule has 2 heteroatoms. The van der Waals surface area contributed by atoms with E-state index in [1.165, 1.54) is 18.2 Å². The van der Waals surface area contributed by atoms with Gasteiger partial charge in [-0.2, -0.15) is 0 Å². The molecule has 0 aromatic heterocycles. The highest BCUT2D eigenvalue weighted by Crippen LogP contribution is 2.61. The molecule has 0 aliphatic heterocycles. The van der Waals surface area contributed by atoms with Gasteiger partial charge in [-0.3, -0.25) is 4.79 Å². The van der Waals surface area contributed by atoms with Crippen LogP contribution < -0.4 is 0 Å². The Kier molecular flexibility index (Phi) is 7.16. The quantitative estimate of drug-likeness (QED) is 0.209. The minimum atomic E-state index is -1.07. The Morgan fingerprint density at radius 1 is 0.600 bits per heavy atom. The molecule has 0 fully saturated rings. The highest BCUT2D eigenvalue weighted by Gasteiger charge is 2.57. The maximum absolute atomic E-state index is 14.6. The van der Waals surface area contributed by atoms with Crippen molar-refractivity contribution >= 4 is 17.1 Å². The van der Waals surface area contributed by atoms with Gasteiger partial charge in [0.05, 0.1) is 7.11 Å². The number of carbonyl (C=O) groups excluding carboxylic acids is 1. The van der Waals surface area contributed by atoms with E-state index in [2.05, 4.69) is 115 Å². The fourth-order valence-electron chi connectivity index (χ4n) is 6.67. The van der Waals surface area contributed by atoms with Crippen LogP contribution in [0.25, 0.3) is 11.1 Å². The minimum Gasteiger partial charge on any atom is -0.468 e. The van der Waals surface area contributed by atoms with Crippen molar-refractivity contribution in [3.8, 4) is 0 Å². The van der Waals surface area contributed by atoms with E-state index in [9.17, 15) is 4.79 Å². The van der Waals surface area contributed by atoms with Crippen molar-refractivity contribution in [3.05, 3.63) is 179 Å². The van der Waals surface area contributed by atoms with Crippen molar-refractivity contribution in [2.75, 3.05) is 7.11 Å². The van der Waals surface area contributed by atoms with Crippen molar-refractivity contribution < 1.29 is 9.53 Å². The fraction of sp³-hybridized carbons (Fsp3) is 0.132. The topological polar surface area (TPSA) is 26.3 Å². The molecule has 1 aliphatic carbocycles. The summed E-state index contributed by atoms with van der Waals surface area (Å²) in [5.74, 6) is -0.353. The van der Waals surface area contributed by atoms with E-state index >= 15 is 0 Å². The average Bonchev–Trinajstić information content (AvgIpc) is 3.05. The number of esters is 1. The molecule has 0 N–H and O–H groups in total. The molecule has 0 radical (unpaired) electrons. The molecular weight excluding hydrogens is 488 g/mol. The molecule has 40 heavy (non-hydrogen) atoms. The molecule has 1 aliphatic rings. The van der Waals surface area contributed by atoms with Crippen LogP contribution in [-0.2, 0) is 14.9 Å². The monoisotopic (exact) mass is 520 g/mol. The lowest BCUT2D eigenvalue weighted by Gasteiger charge is -2.48. The summed E-state index contributed by atoms with van der Waals surface area (Å²) in [7, 11) is 1.52. The number of ether oxygens (including phenoxy) is 1. The molecule has 2 nitrogen and oxygen atoms in total. The van der Waals surface area contributed by atoms with Gasteiger partial charge in [0.2, 0.25) is 0 Å². The van der Waals surface area contributed by atoms with Gasteiger partial charge in [0, 0.05) is 11.8 Å². The zero-order chi connectivity index (χ0) is 27.4. The van der Waals surface area contributed by atoms with Gasteiger partial charge in [-0.15, -0.1) is 0 Å². The third kappa shape index (κ3) is 4.36. The number of benzene rings is 5. The molecule has 0 saturated heterocycles. The van der Waals surface area contributed by atoms with E-state index in [1.807, 2.05) is 36.4 Å². The summed E-state index contributed by atoms with van der Waals surface area (Å²) in [6.45, 7) is 0. The molecule has 5 aromatic carbocycles. The van der Waals surface area contributed by atoms with E-state index in [4.69, 9.17) is 4.74 Å². The molecule has 0 bridgehead atoms. The first-order valence-electron chi connectivity index (χ1n) is 13.8. The second-order valence-electron chi connectivity index (χ2n) is 10.3. The molecule has 0 heterocycles. The highest BCUT2D eigenvalue weighted by molar-refractivity contribution is 6.10. The van der Waals surface area contributed by atoms with Crippen molar-refractivity contribution in [1.82, 2.24) is 0 Å². The number of allylic oxidation sites excluding steroid dienone is 1. The first-order valence-corrected chi connectivity index (χ1v) is 13.8. The molecule has 6 rings (SSSR count). The van der Waals surface area contributed by atoms with Crippen LogP contribution >= 0.6 is 0 Å². The van der Waals surface area contributed by atoms with Crippen molar-refractivity contribution in [1.29, 1.82) is 0 Å². The predicted molar refractivity (Wildman–Crippen MR) is 163 cm³/mol. The van der Waals surface area contributed by atoms with E-state index in [0.717, 1.165) is 34.2 Å². The first kappa shape index (κ1) is 25.6. The molecule has 0 unspecified atom stereocenters. The van der Waals surface area contributed by atoms with E-state index in [-0.39, 0.29) is 17.8 Å². The molecule has 0 saturated carbocycles. The zero-order valence-electron chi connectivity index (χ0n) is 22.6. The number of carbonyl (C=O) groups is 1. The van der Waals surface area contributed by atoms with Crippen LogP contribution in [0.15, 0.2) is 152 Å². The van der Waals surface area contributed by atoms with Crippen LogP contribution in [0.1, 0.15) is 46.1 Å². The Bertz CT molecular complexity index is 1590.